The number of ether oxygens (including phenoxy) is 2. The molecule has 29 heavy (non-hydrogen) atoms. The van der Waals surface area contributed by atoms with Gasteiger partial charge in [-0.15, -0.1) is 0 Å². The molecule has 0 saturated carbocycles. The Kier molecular flexibility index (Phi) is 8.80. The average Bonchev–Trinajstić information content (AvgIpc) is 2.70. The van der Waals surface area contributed by atoms with Crippen LogP contribution in [0.3, 0.4) is 0 Å². The Labute approximate surface area is 176 Å². The van der Waals surface area contributed by atoms with Crippen LogP contribution < -0.4 is 14.8 Å². The molecule has 0 fully saturated rings. The van der Waals surface area contributed by atoms with Crippen LogP contribution in [0.15, 0.2) is 42.5 Å². The van der Waals surface area contributed by atoms with E-state index in [9.17, 15) is 9.59 Å². The van der Waals surface area contributed by atoms with Crippen LogP contribution in [-0.2, 0) is 4.79 Å². The van der Waals surface area contributed by atoms with Crippen LogP contribution in [0.5, 0.6) is 11.5 Å². The van der Waals surface area contributed by atoms with Crippen molar-refractivity contribution in [2.45, 2.75) is 26.7 Å². The Morgan fingerprint density at radius 3 is 2.34 bits per heavy atom. The van der Waals surface area contributed by atoms with Crippen molar-refractivity contribution in [3.63, 3.8) is 0 Å². The van der Waals surface area contributed by atoms with Crippen LogP contribution in [-0.4, -0.2) is 43.5 Å². The molecule has 2 aromatic rings. The van der Waals surface area contributed by atoms with E-state index in [0.717, 1.165) is 12.8 Å². The number of benzene rings is 2. The fourth-order valence-corrected chi connectivity index (χ4v) is 2.76. The van der Waals surface area contributed by atoms with Crippen molar-refractivity contribution in [1.82, 2.24) is 4.90 Å². The standard InChI is InChI=1S/C22H27ClN2O4/c1-4-11-28-19-10-9-16(13-20(19)29-12-5-2)22(27)25(3)15-21(26)24-18-8-6-7-17(23)14-18/h6-10,13-14H,4-5,11-12,15H2,1-3H3,(H,24,26). The normalized spacial score (nSPS) is 10.3. The highest BCUT2D eigenvalue weighted by atomic mass is 35.5. The zero-order valence-electron chi connectivity index (χ0n) is 17.0. The van der Waals surface area contributed by atoms with Gasteiger partial charge < -0.3 is 19.7 Å². The lowest BCUT2D eigenvalue weighted by Gasteiger charge is -2.18. The number of carbonyl (C=O) groups excluding carboxylic acids is 2. The highest BCUT2D eigenvalue weighted by molar-refractivity contribution is 6.30. The molecule has 2 aromatic carbocycles. The van der Waals surface area contributed by atoms with E-state index in [0.29, 0.717) is 41.0 Å². The first-order chi connectivity index (χ1) is 13.9. The van der Waals surface area contributed by atoms with Crippen molar-refractivity contribution in [2.24, 2.45) is 0 Å². The number of likely N-dealkylation sites (N-methyl/N-ethyl adjacent to an activating group) is 1. The lowest BCUT2D eigenvalue weighted by atomic mass is 10.1. The molecular formula is C22H27ClN2O4. The molecule has 156 valence electrons. The SMILES string of the molecule is CCCOc1ccc(C(=O)N(C)CC(=O)Nc2cccc(Cl)c2)cc1OCCC. The number of carbonyl (C=O) groups is 2. The molecule has 0 aliphatic rings. The molecular weight excluding hydrogens is 392 g/mol. The minimum Gasteiger partial charge on any atom is -0.490 e. The van der Waals surface area contributed by atoms with Gasteiger partial charge in [-0.25, -0.2) is 0 Å². The summed E-state index contributed by atoms with van der Waals surface area (Å²) >= 11 is 5.92. The summed E-state index contributed by atoms with van der Waals surface area (Å²) in [4.78, 5) is 26.4. The smallest absolute Gasteiger partial charge is 0.254 e. The Bertz CT molecular complexity index is 841. The molecule has 1 N–H and O–H groups in total. The number of nitrogens with one attached hydrogen (secondary N) is 1. The van der Waals surface area contributed by atoms with Gasteiger partial charge in [-0.1, -0.05) is 31.5 Å². The second-order valence-electron chi connectivity index (χ2n) is 6.58. The minimum absolute atomic E-state index is 0.0927. The maximum absolute atomic E-state index is 12.8. The predicted octanol–water partition coefficient (Wildman–Crippen LogP) is 4.63. The van der Waals surface area contributed by atoms with Gasteiger partial charge in [0.25, 0.3) is 5.91 Å². The van der Waals surface area contributed by atoms with Crippen molar-refractivity contribution in [3.05, 3.63) is 53.1 Å². The van der Waals surface area contributed by atoms with Crippen LogP contribution >= 0.6 is 11.6 Å². The number of rotatable bonds is 10. The first kappa shape index (κ1) is 22.6. The van der Waals surface area contributed by atoms with E-state index in [1.807, 2.05) is 13.8 Å². The second kappa shape index (κ2) is 11.3. The molecule has 0 heterocycles. The topological polar surface area (TPSA) is 67.9 Å². The first-order valence-corrected chi connectivity index (χ1v) is 10.0. The van der Waals surface area contributed by atoms with Gasteiger partial charge in [0.05, 0.1) is 19.8 Å². The highest BCUT2D eigenvalue weighted by Gasteiger charge is 2.18. The molecule has 0 aliphatic carbocycles. The van der Waals surface area contributed by atoms with E-state index in [2.05, 4.69) is 5.32 Å². The largest absolute Gasteiger partial charge is 0.490 e. The Morgan fingerprint density at radius 1 is 1.00 bits per heavy atom. The molecule has 0 saturated heterocycles. The summed E-state index contributed by atoms with van der Waals surface area (Å²) in [5.74, 6) is 0.546. The van der Waals surface area contributed by atoms with Gasteiger partial charge in [0.15, 0.2) is 11.5 Å². The molecule has 2 rings (SSSR count). The fourth-order valence-electron chi connectivity index (χ4n) is 2.57. The van der Waals surface area contributed by atoms with Crippen molar-refractivity contribution >= 4 is 29.1 Å². The quantitative estimate of drug-likeness (QED) is 0.610. The summed E-state index contributed by atoms with van der Waals surface area (Å²) < 4.78 is 11.4. The number of nitrogens with zero attached hydrogens (tertiary/aromatic N) is 1. The summed E-state index contributed by atoms with van der Waals surface area (Å²) in [5.41, 5.74) is 1.01. The van der Waals surface area contributed by atoms with Crippen molar-refractivity contribution < 1.29 is 19.1 Å². The molecule has 6 nitrogen and oxygen atoms in total. The van der Waals surface area contributed by atoms with Gasteiger partial charge in [0.1, 0.15) is 0 Å². The zero-order valence-corrected chi connectivity index (χ0v) is 17.8. The molecule has 7 heteroatoms. The lowest BCUT2D eigenvalue weighted by molar-refractivity contribution is -0.116. The molecule has 0 unspecified atom stereocenters. The van der Waals surface area contributed by atoms with Crippen LogP contribution in [0, 0.1) is 0 Å². The van der Waals surface area contributed by atoms with Crippen LogP contribution in [0.1, 0.15) is 37.0 Å². The average molecular weight is 419 g/mol. The number of hydrogen-bond donors (Lipinski definition) is 1. The fraction of sp³-hybridized carbons (Fsp3) is 0.364. The van der Waals surface area contributed by atoms with Crippen LogP contribution in [0.2, 0.25) is 5.02 Å². The Balaban J connectivity index is 2.05. The van der Waals surface area contributed by atoms with Gasteiger partial charge >= 0.3 is 0 Å². The predicted molar refractivity (Wildman–Crippen MR) is 115 cm³/mol. The highest BCUT2D eigenvalue weighted by Crippen LogP contribution is 2.29. The number of hydrogen-bond acceptors (Lipinski definition) is 4. The van der Waals surface area contributed by atoms with Crippen molar-refractivity contribution in [3.8, 4) is 11.5 Å². The third-order valence-corrected chi connectivity index (χ3v) is 4.18. The maximum atomic E-state index is 12.8. The number of halogens is 1. The monoisotopic (exact) mass is 418 g/mol. The molecule has 0 radical (unpaired) electrons. The van der Waals surface area contributed by atoms with Gasteiger partial charge in [-0.3, -0.25) is 9.59 Å². The van der Waals surface area contributed by atoms with Gasteiger partial charge in [0, 0.05) is 23.3 Å². The van der Waals surface area contributed by atoms with Crippen molar-refractivity contribution in [2.75, 3.05) is 32.1 Å². The van der Waals surface area contributed by atoms with E-state index < -0.39 is 0 Å². The van der Waals surface area contributed by atoms with E-state index >= 15 is 0 Å². The number of amides is 2. The van der Waals surface area contributed by atoms with Crippen LogP contribution in [0.4, 0.5) is 5.69 Å². The summed E-state index contributed by atoms with van der Waals surface area (Å²) in [6.45, 7) is 5.03. The Morgan fingerprint density at radius 2 is 1.69 bits per heavy atom. The lowest BCUT2D eigenvalue weighted by Crippen LogP contribution is -2.34. The molecule has 0 bridgehead atoms. The van der Waals surface area contributed by atoms with E-state index in [-0.39, 0.29) is 18.4 Å². The molecule has 0 atom stereocenters. The van der Waals surface area contributed by atoms with Crippen molar-refractivity contribution in [1.29, 1.82) is 0 Å². The third-order valence-electron chi connectivity index (χ3n) is 3.95. The summed E-state index contributed by atoms with van der Waals surface area (Å²) in [6.07, 6.45) is 1.72. The molecule has 0 spiro atoms. The minimum atomic E-state index is -0.312. The second-order valence-corrected chi connectivity index (χ2v) is 7.01. The molecule has 0 aliphatic heterocycles. The third kappa shape index (κ3) is 6.98. The number of anilines is 1. The van der Waals surface area contributed by atoms with E-state index in [1.54, 1.807) is 49.5 Å². The maximum Gasteiger partial charge on any atom is 0.254 e. The summed E-state index contributed by atoms with van der Waals surface area (Å²) in [5, 5.41) is 3.25. The van der Waals surface area contributed by atoms with Crippen LogP contribution in [0.25, 0.3) is 0 Å². The molecule has 2 amide bonds. The van der Waals surface area contributed by atoms with Gasteiger partial charge in [-0.2, -0.15) is 0 Å². The molecule has 0 aromatic heterocycles. The van der Waals surface area contributed by atoms with Gasteiger partial charge in [0.2, 0.25) is 5.91 Å². The van der Waals surface area contributed by atoms with E-state index in [4.69, 9.17) is 21.1 Å². The van der Waals surface area contributed by atoms with E-state index in [1.165, 1.54) is 4.90 Å². The summed E-state index contributed by atoms with van der Waals surface area (Å²) in [6, 6.07) is 11.9. The first-order valence-electron chi connectivity index (χ1n) is 9.65. The summed E-state index contributed by atoms with van der Waals surface area (Å²) in [7, 11) is 1.58. The Hall–Kier alpha value is -2.73. The zero-order chi connectivity index (χ0) is 21.2. The van der Waals surface area contributed by atoms with Gasteiger partial charge in [-0.05, 0) is 49.2 Å².